The van der Waals surface area contributed by atoms with E-state index in [0.29, 0.717) is 69.1 Å². The molecule has 0 aliphatic carbocycles. The third-order valence-electron chi connectivity index (χ3n) is 12.4. The number of halogens is 4. The van der Waals surface area contributed by atoms with Crippen LogP contribution in [0.25, 0.3) is 33.4 Å². The minimum Gasteiger partial charge on any atom is -0.353 e. The lowest BCUT2D eigenvalue weighted by atomic mass is 9.95. The second-order valence-electron chi connectivity index (χ2n) is 17.9. The van der Waals surface area contributed by atoms with Gasteiger partial charge in [0, 0.05) is 59.9 Å². The van der Waals surface area contributed by atoms with Crippen molar-refractivity contribution in [1.29, 1.82) is 0 Å². The molecule has 0 saturated carbocycles. The molecule has 6 aromatic heterocycles. The van der Waals surface area contributed by atoms with E-state index in [-0.39, 0.29) is 51.2 Å². The first kappa shape index (κ1) is 51.4. The van der Waals surface area contributed by atoms with E-state index in [4.69, 9.17) is 46.4 Å². The topological polar surface area (TPSA) is 148 Å². The number of rotatable bonds is 9. The summed E-state index contributed by atoms with van der Waals surface area (Å²) in [7, 11) is 0. The highest BCUT2D eigenvalue weighted by Gasteiger charge is 2.35. The van der Waals surface area contributed by atoms with Crippen LogP contribution in [0.3, 0.4) is 0 Å². The summed E-state index contributed by atoms with van der Waals surface area (Å²) >= 11 is 28.6. The molecule has 1 amide bonds. The van der Waals surface area contributed by atoms with Gasteiger partial charge >= 0.3 is 11.4 Å². The summed E-state index contributed by atoms with van der Waals surface area (Å²) in [5.41, 5.74) is 2.83. The normalized spacial score (nSPS) is 18.7. The maximum Gasteiger partial charge on any atom is 0.355 e. The van der Waals surface area contributed by atoms with Crippen LogP contribution in [0.1, 0.15) is 91.5 Å². The second-order valence-corrected chi connectivity index (χ2v) is 21.1. The quantitative estimate of drug-likeness (QED) is 0.0769. The highest BCUT2D eigenvalue weighted by atomic mass is 35.5. The Balaban J connectivity index is 0.000000203. The van der Waals surface area contributed by atoms with Gasteiger partial charge < -0.3 is 14.7 Å². The number of hydrogen-bond acceptors (Lipinski definition) is 13. The maximum atomic E-state index is 13.7. The smallest absolute Gasteiger partial charge is 0.353 e. The molecule has 8 heterocycles. The Bertz CT molecular complexity index is 3040. The molecule has 4 atom stereocenters. The molecule has 68 heavy (non-hydrogen) atoms. The Kier molecular flexibility index (Phi) is 16.1. The average Bonchev–Trinajstić information content (AvgIpc) is 3.30. The van der Waals surface area contributed by atoms with Crippen LogP contribution in [-0.4, -0.2) is 100 Å². The summed E-state index contributed by atoms with van der Waals surface area (Å²) in [6.45, 7) is 21.9. The fourth-order valence-electron chi connectivity index (χ4n) is 8.97. The van der Waals surface area contributed by atoms with Gasteiger partial charge in [-0.25, -0.2) is 28.7 Å². The van der Waals surface area contributed by atoms with Crippen molar-refractivity contribution < 1.29 is 4.79 Å². The maximum absolute atomic E-state index is 13.7. The van der Waals surface area contributed by atoms with Gasteiger partial charge in [0.05, 0.1) is 43.6 Å². The van der Waals surface area contributed by atoms with E-state index < -0.39 is 11.4 Å². The minimum absolute atomic E-state index is 0.0489. The number of thioether (sulfide) groups is 2. The SMILES string of the molecule is C=CC(=O)N1C[C@H](C)N(c2nc(=O)n(-c3c(SC)ccnc3C(C)C)c3nc(Cl)c(Cl)cc23)C[C@H]1C.CSc1ccnc(C(C)C)c1-n1c(=O)nc(N2C[C@@H](C)CC[C@@H]2C)c2cc(Cl)c(Cl)nc21. The number of amides is 1. The van der Waals surface area contributed by atoms with Crippen molar-refractivity contribution in [2.24, 2.45) is 5.92 Å². The van der Waals surface area contributed by atoms with Crippen LogP contribution in [0, 0.1) is 5.92 Å². The zero-order chi connectivity index (χ0) is 49.5. The van der Waals surface area contributed by atoms with Crippen molar-refractivity contribution in [3.63, 3.8) is 0 Å². The van der Waals surface area contributed by atoms with Crippen molar-refractivity contribution in [2.45, 2.75) is 108 Å². The van der Waals surface area contributed by atoms with Crippen LogP contribution in [0.15, 0.2) is 68.7 Å². The lowest BCUT2D eigenvalue weighted by Crippen LogP contribution is -2.58. The molecule has 8 rings (SSSR count). The molecule has 14 nitrogen and oxygen atoms in total. The molecule has 0 N–H and O–H groups in total. The van der Waals surface area contributed by atoms with E-state index in [1.807, 2.05) is 57.2 Å². The Morgan fingerprint density at radius 1 is 0.676 bits per heavy atom. The van der Waals surface area contributed by atoms with Gasteiger partial charge in [0.25, 0.3) is 0 Å². The molecule has 0 spiro atoms. The van der Waals surface area contributed by atoms with Crippen LogP contribution in [0.2, 0.25) is 20.4 Å². The monoisotopic (exact) mass is 1040 g/mol. The first-order chi connectivity index (χ1) is 32.3. The summed E-state index contributed by atoms with van der Waals surface area (Å²) in [6.07, 6.45) is 11.0. The number of carbonyl (C=O) groups excluding carboxylic acids is 1. The molecule has 20 heteroatoms. The number of hydrogen-bond donors (Lipinski definition) is 0. The standard InChI is InChI=1S/C25H28Cl2N6O2S.C23H27Cl2N5OS/c1-7-19(34)31-11-15(5)32(12-14(31)4)23-16-10-17(26)22(27)29-24(16)33(25(35)30-23)21-18(36-6)8-9-28-20(21)13(2)3;1-12(2)18-19(17(32-5)8-9-26-18)30-22-15(10-16(24)20(25)27-22)21(28-23(30)31)29-11-13(3)6-7-14(29)4/h7-10,13-15H,1,11-12H2,2-6H3;8-10,12-14H,6-7,11H2,1-5H3/t14-,15+;13-,14-/m10/s1. The fourth-order valence-corrected chi connectivity index (χ4v) is 10.7. The third-order valence-corrected chi connectivity index (χ3v) is 15.3. The fraction of sp³-hybridized carbons (Fsp3) is 0.438. The Morgan fingerprint density at radius 3 is 1.56 bits per heavy atom. The van der Waals surface area contributed by atoms with Crippen LogP contribution < -0.4 is 21.2 Å². The summed E-state index contributed by atoms with van der Waals surface area (Å²) in [5, 5.41) is 2.16. The summed E-state index contributed by atoms with van der Waals surface area (Å²) < 4.78 is 3.04. The largest absolute Gasteiger partial charge is 0.355 e. The van der Waals surface area contributed by atoms with Gasteiger partial charge in [-0.3, -0.25) is 14.8 Å². The second kappa shape index (κ2) is 21.3. The number of carbonyl (C=O) groups is 1. The van der Waals surface area contributed by atoms with Crippen molar-refractivity contribution in [2.75, 3.05) is 41.9 Å². The van der Waals surface area contributed by atoms with Crippen LogP contribution in [0.4, 0.5) is 11.6 Å². The van der Waals surface area contributed by atoms with E-state index in [2.05, 4.69) is 69.1 Å². The van der Waals surface area contributed by atoms with E-state index in [0.717, 1.165) is 40.6 Å². The molecule has 2 aliphatic heterocycles. The van der Waals surface area contributed by atoms with E-state index in [1.54, 1.807) is 45.8 Å². The first-order valence-corrected chi connectivity index (χ1v) is 26.4. The predicted octanol–water partition coefficient (Wildman–Crippen LogP) is 10.9. The van der Waals surface area contributed by atoms with Crippen LogP contribution >= 0.6 is 69.9 Å². The van der Waals surface area contributed by atoms with Gasteiger partial charge in [0.1, 0.15) is 21.9 Å². The number of piperazine rings is 1. The number of anilines is 2. The molecule has 0 aromatic carbocycles. The summed E-state index contributed by atoms with van der Waals surface area (Å²) in [6, 6.07) is 7.29. The van der Waals surface area contributed by atoms with Gasteiger partial charge in [-0.05, 0) is 94.2 Å². The van der Waals surface area contributed by atoms with Crippen molar-refractivity contribution in [3.8, 4) is 11.4 Å². The lowest BCUT2D eigenvalue weighted by Gasteiger charge is -2.44. The molecule has 2 aliphatic rings. The van der Waals surface area contributed by atoms with E-state index in [9.17, 15) is 14.4 Å². The highest BCUT2D eigenvalue weighted by Crippen LogP contribution is 2.39. The number of nitrogens with zero attached hydrogens (tertiary/aromatic N) is 11. The number of fused-ring (bicyclic) bond motifs is 2. The average molecular weight is 1040 g/mol. The van der Waals surface area contributed by atoms with Crippen molar-refractivity contribution >= 4 is 110 Å². The third kappa shape index (κ3) is 9.96. The Hall–Kier alpha value is -4.45. The molecule has 0 unspecified atom stereocenters. The summed E-state index contributed by atoms with van der Waals surface area (Å²) in [4.78, 5) is 74.9. The van der Waals surface area contributed by atoms with Crippen molar-refractivity contribution in [1.82, 2.24) is 43.9 Å². The van der Waals surface area contributed by atoms with E-state index >= 15 is 0 Å². The molecule has 6 aromatic rings. The van der Waals surface area contributed by atoms with Crippen molar-refractivity contribution in [3.05, 3.63) is 102 Å². The van der Waals surface area contributed by atoms with Crippen LogP contribution in [0.5, 0.6) is 0 Å². The molecule has 2 fully saturated rings. The predicted molar refractivity (Wildman–Crippen MR) is 281 cm³/mol. The van der Waals surface area contributed by atoms with E-state index in [1.165, 1.54) is 22.4 Å². The zero-order valence-electron chi connectivity index (χ0n) is 39.7. The number of aromatic nitrogens is 8. The number of piperidine rings is 1. The van der Waals surface area contributed by atoms with Gasteiger partial charge in [0.15, 0.2) is 11.3 Å². The summed E-state index contributed by atoms with van der Waals surface area (Å²) in [5.74, 6) is 1.61. The van der Waals surface area contributed by atoms with Gasteiger partial charge in [0.2, 0.25) is 5.91 Å². The minimum atomic E-state index is -0.488. The van der Waals surface area contributed by atoms with Crippen LogP contribution in [-0.2, 0) is 4.79 Å². The Morgan fingerprint density at radius 2 is 1.13 bits per heavy atom. The molecular weight excluding hydrogens is 985 g/mol. The Labute approximate surface area is 424 Å². The molecule has 360 valence electrons. The lowest BCUT2D eigenvalue weighted by molar-refractivity contribution is -0.128. The van der Waals surface area contributed by atoms with Gasteiger partial charge in [-0.2, -0.15) is 9.97 Å². The first-order valence-electron chi connectivity index (χ1n) is 22.4. The molecule has 0 radical (unpaired) electrons. The van der Waals surface area contributed by atoms with Gasteiger partial charge in [-0.1, -0.05) is 87.6 Å². The highest BCUT2D eigenvalue weighted by molar-refractivity contribution is 7.99. The zero-order valence-corrected chi connectivity index (χ0v) is 44.4. The van der Waals surface area contributed by atoms with Gasteiger partial charge in [-0.15, -0.1) is 23.5 Å². The molecule has 0 bridgehead atoms. The number of pyridine rings is 4. The molecule has 2 saturated heterocycles. The molecular formula is C48H55Cl4N11O3S2.